The molecule has 1 aromatic heterocycles. The topological polar surface area (TPSA) is 60.6 Å². The summed E-state index contributed by atoms with van der Waals surface area (Å²) < 4.78 is 5.49. The molecule has 0 radical (unpaired) electrons. The molecule has 34 heavy (non-hydrogen) atoms. The SMILES string of the molecule is Cc1ccc(C)c(NC(=S)N(CCN2CCOCC2)Cc2cc3ccc(C)c(C)c3[nH]c2=O)c1. The first-order valence-corrected chi connectivity index (χ1v) is 12.3. The summed E-state index contributed by atoms with van der Waals surface area (Å²) in [5.74, 6) is 0. The van der Waals surface area contributed by atoms with Crippen molar-refractivity contribution in [2.75, 3.05) is 44.7 Å². The summed E-state index contributed by atoms with van der Waals surface area (Å²) in [6, 6.07) is 12.5. The van der Waals surface area contributed by atoms with E-state index >= 15 is 0 Å². The second-order valence-corrected chi connectivity index (χ2v) is 9.61. The van der Waals surface area contributed by atoms with Gasteiger partial charge in [-0.25, -0.2) is 0 Å². The maximum absolute atomic E-state index is 13.0. The fourth-order valence-corrected chi connectivity index (χ4v) is 4.56. The first-order chi connectivity index (χ1) is 16.3. The monoisotopic (exact) mass is 478 g/mol. The van der Waals surface area contributed by atoms with Crippen LogP contribution >= 0.6 is 12.2 Å². The predicted molar refractivity (Wildman–Crippen MR) is 144 cm³/mol. The van der Waals surface area contributed by atoms with Crippen LogP contribution in [-0.4, -0.2) is 59.3 Å². The van der Waals surface area contributed by atoms with E-state index in [-0.39, 0.29) is 5.56 Å². The van der Waals surface area contributed by atoms with E-state index in [1.54, 1.807) is 0 Å². The number of nitrogens with zero attached hydrogens (tertiary/aromatic N) is 2. The summed E-state index contributed by atoms with van der Waals surface area (Å²) in [5.41, 5.74) is 7.14. The number of H-pyrrole nitrogens is 1. The lowest BCUT2D eigenvalue weighted by molar-refractivity contribution is 0.0358. The number of hydrogen-bond donors (Lipinski definition) is 2. The number of thiocarbonyl (C=S) groups is 1. The Bertz CT molecular complexity index is 1250. The lowest BCUT2D eigenvalue weighted by Crippen LogP contribution is -2.44. The number of aromatic amines is 1. The number of aromatic nitrogens is 1. The molecule has 0 bridgehead atoms. The molecular formula is C27H34N4O2S. The molecule has 6 nitrogen and oxygen atoms in total. The molecular weight excluding hydrogens is 444 g/mol. The van der Waals surface area contributed by atoms with Gasteiger partial charge in [-0.05, 0) is 79.7 Å². The third kappa shape index (κ3) is 5.66. The molecule has 2 N–H and O–H groups in total. The Labute approximate surface area is 206 Å². The minimum absolute atomic E-state index is 0.0629. The third-order valence-corrected chi connectivity index (χ3v) is 7.06. The molecule has 180 valence electrons. The Morgan fingerprint density at radius 3 is 2.59 bits per heavy atom. The number of pyridine rings is 1. The predicted octanol–water partition coefficient (Wildman–Crippen LogP) is 4.29. The van der Waals surface area contributed by atoms with E-state index in [1.165, 1.54) is 11.1 Å². The number of hydrogen-bond acceptors (Lipinski definition) is 4. The highest BCUT2D eigenvalue weighted by Crippen LogP contribution is 2.20. The largest absolute Gasteiger partial charge is 0.379 e. The van der Waals surface area contributed by atoms with Gasteiger partial charge < -0.3 is 19.9 Å². The van der Waals surface area contributed by atoms with E-state index in [0.29, 0.717) is 17.2 Å². The molecule has 4 rings (SSSR count). The lowest BCUT2D eigenvalue weighted by Gasteiger charge is -2.31. The van der Waals surface area contributed by atoms with Crippen molar-refractivity contribution in [1.29, 1.82) is 0 Å². The normalized spacial score (nSPS) is 14.4. The first-order valence-electron chi connectivity index (χ1n) is 11.9. The lowest BCUT2D eigenvalue weighted by atomic mass is 10.0. The van der Waals surface area contributed by atoms with E-state index in [2.05, 4.69) is 71.2 Å². The Hall–Kier alpha value is -2.74. The molecule has 1 aliphatic heterocycles. The molecule has 2 heterocycles. The standard InChI is InChI=1S/C27H34N4O2S/c1-18-5-6-20(3)24(15-18)28-27(34)31(10-9-30-11-13-33-14-12-30)17-23-16-22-8-7-19(2)21(4)25(22)29-26(23)32/h5-8,15-16H,9-14,17H2,1-4H3,(H,28,34)(H,29,32). The Morgan fingerprint density at radius 2 is 1.82 bits per heavy atom. The summed E-state index contributed by atoms with van der Waals surface area (Å²) in [5, 5.41) is 5.10. The van der Waals surface area contributed by atoms with Crippen LogP contribution in [0.25, 0.3) is 10.9 Å². The Kier molecular flexibility index (Phi) is 7.66. The van der Waals surface area contributed by atoms with Crippen molar-refractivity contribution in [3.8, 4) is 0 Å². The highest BCUT2D eigenvalue weighted by molar-refractivity contribution is 7.80. The summed E-state index contributed by atoms with van der Waals surface area (Å²) in [6.07, 6.45) is 0. The van der Waals surface area contributed by atoms with Gasteiger partial charge in [-0.1, -0.05) is 24.3 Å². The average molecular weight is 479 g/mol. The van der Waals surface area contributed by atoms with Crippen LogP contribution in [0.1, 0.15) is 27.8 Å². The van der Waals surface area contributed by atoms with Crippen LogP contribution in [0.2, 0.25) is 0 Å². The molecule has 1 saturated heterocycles. The number of nitrogens with one attached hydrogen (secondary N) is 2. The molecule has 1 fully saturated rings. The quantitative estimate of drug-likeness (QED) is 0.516. The van der Waals surface area contributed by atoms with E-state index < -0.39 is 0 Å². The number of anilines is 1. The number of rotatable bonds is 6. The van der Waals surface area contributed by atoms with E-state index in [0.717, 1.165) is 67.1 Å². The van der Waals surface area contributed by atoms with E-state index in [9.17, 15) is 4.79 Å². The smallest absolute Gasteiger partial charge is 0.253 e. The van der Waals surface area contributed by atoms with Crippen molar-refractivity contribution in [1.82, 2.24) is 14.8 Å². The molecule has 0 amide bonds. The first kappa shape index (κ1) is 24.4. The molecule has 0 atom stereocenters. The molecule has 0 spiro atoms. The van der Waals surface area contributed by atoms with Gasteiger partial charge in [0.25, 0.3) is 5.56 Å². The fraction of sp³-hybridized carbons (Fsp3) is 0.407. The van der Waals surface area contributed by atoms with Crippen LogP contribution < -0.4 is 10.9 Å². The zero-order chi connectivity index (χ0) is 24.2. The van der Waals surface area contributed by atoms with Crippen LogP contribution in [0.3, 0.4) is 0 Å². The average Bonchev–Trinajstić information content (AvgIpc) is 2.83. The van der Waals surface area contributed by atoms with Gasteiger partial charge in [-0.15, -0.1) is 0 Å². The van der Waals surface area contributed by atoms with Crippen LogP contribution in [0, 0.1) is 27.7 Å². The number of aryl methyl sites for hydroxylation is 4. The maximum Gasteiger partial charge on any atom is 0.253 e. The van der Waals surface area contributed by atoms with E-state index in [1.807, 2.05) is 13.0 Å². The molecule has 0 saturated carbocycles. The van der Waals surface area contributed by atoms with Gasteiger partial charge in [0.2, 0.25) is 0 Å². The minimum atomic E-state index is -0.0629. The summed E-state index contributed by atoms with van der Waals surface area (Å²) in [6.45, 7) is 13.6. The van der Waals surface area contributed by atoms with Crippen LogP contribution in [-0.2, 0) is 11.3 Å². The number of ether oxygens (including phenoxy) is 1. The molecule has 1 aliphatic rings. The van der Waals surface area contributed by atoms with Gasteiger partial charge in [0.05, 0.1) is 25.3 Å². The fourth-order valence-electron chi connectivity index (χ4n) is 4.30. The minimum Gasteiger partial charge on any atom is -0.379 e. The highest BCUT2D eigenvalue weighted by atomic mass is 32.1. The van der Waals surface area contributed by atoms with Gasteiger partial charge >= 0.3 is 0 Å². The summed E-state index contributed by atoms with van der Waals surface area (Å²) >= 11 is 5.86. The number of benzene rings is 2. The maximum atomic E-state index is 13.0. The molecule has 7 heteroatoms. The number of fused-ring (bicyclic) bond motifs is 1. The van der Waals surface area contributed by atoms with Gasteiger partial charge in [0.1, 0.15) is 0 Å². The second-order valence-electron chi connectivity index (χ2n) is 9.22. The van der Waals surface area contributed by atoms with Crippen LogP contribution in [0.15, 0.2) is 41.2 Å². The molecule has 3 aromatic rings. The third-order valence-electron chi connectivity index (χ3n) is 6.70. The van der Waals surface area contributed by atoms with Gasteiger partial charge in [0, 0.05) is 37.4 Å². The van der Waals surface area contributed by atoms with Crippen molar-refractivity contribution in [2.45, 2.75) is 34.2 Å². The van der Waals surface area contributed by atoms with Crippen molar-refractivity contribution < 1.29 is 4.74 Å². The number of morpholine rings is 1. The van der Waals surface area contributed by atoms with Crippen LogP contribution in [0.5, 0.6) is 0 Å². The summed E-state index contributed by atoms with van der Waals surface area (Å²) in [7, 11) is 0. The van der Waals surface area contributed by atoms with E-state index in [4.69, 9.17) is 17.0 Å². The second kappa shape index (κ2) is 10.7. The summed E-state index contributed by atoms with van der Waals surface area (Å²) in [4.78, 5) is 20.6. The van der Waals surface area contributed by atoms with Gasteiger partial charge in [-0.2, -0.15) is 0 Å². The van der Waals surface area contributed by atoms with Crippen molar-refractivity contribution in [3.05, 3.63) is 74.6 Å². The van der Waals surface area contributed by atoms with Gasteiger partial charge in [-0.3, -0.25) is 9.69 Å². The van der Waals surface area contributed by atoms with Crippen molar-refractivity contribution in [2.24, 2.45) is 0 Å². The Balaban J connectivity index is 1.60. The highest BCUT2D eigenvalue weighted by Gasteiger charge is 2.18. The zero-order valence-corrected chi connectivity index (χ0v) is 21.3. The molecule has 0 aliphatic carbocycles. The molecule has 2 aromatic carbocycles. The van der Waals surface area contributed by atoms with Crippen molar-refractivity contribution >= 4 is 33.9 Å². The Morgan fingerprint density at radius 1 is 1.09 bits per heavy atom. The molecule has 0 unspecified atom stereocenters. The van der Waals surface area contributed by atoms with Crippen molar-refractivity contribution in [3.63, 3.8) is 0 Å². The zero-order valence-electron chi connectivity index (χ0n) is 20.5. The van der Waals surface area contributed by atoms with Crippen LogP contribution in [0.4, 0.5) is 5.69 Å². The van der Waals surface area contributed by atoms with Gasteiger partial charge in [0.15, 0.2) is 5.11 Å².